The summed E-state index contributed by atoms with van der Waals surface area (Å²) in [4.78, 5) is 12.1. The molecule has 0 saturated heterocycles. The first-order valence-corrected chi connectivity index (χ1v) is 10.9. The molecule has 3 nitrogen and oxygen atoms in total. The lowest BCUT2D eigenvalue weighted by Gasteiger charge is -2.06. The highest BCUT2D eigenvalue weighted by molar-refractivity contribution is 6.01. The number of phenolic OH excluding ortho intramolecular Hbond substituents is 2. The van der Waals surface area contributed by atoms with E-state index < -0.39 is 0 Å². The Morgan fingerprint density at radius 2 is 1.26 bits per heavy atom. The topological polar surface area (TPSA) is 57.5 Å². The van der Waals surface area contributed by atoms with Crippen LogP contribution in [-0.4, -0.2) is 16.0 Å². The summed E-state index contributed by atoms with van der Waals surface area (Å²) >= 11 is 0. The molecular formula is C24H38O3. The predicted octanol–water partition coefficient (Wildman–Crippen LogP) is 7.32. The quantitative estimate of drug-likeness (QED) is 0.181. The number of carbonyl (C=O) groups is 1. The van der Waals surface area contributed by atoms with Crippen LogP contribution >= 0.6 is 0 Å². The third-order valence-electron chi connectivity index (χ3n) is 4.96. The molecule has 0 aliphatic carbocycles. The number of benzene rings is 1. The van der Waals surface area contributed by atoms with Crippen LogP contribution in [0.25, 0.3) is 0 Å². The van der Waals surface area contributed by atoms with Crippen LogP contribution in [0.5, 0.6) is 11.5 Å². The summed E-state index contributed by atoms with van der Waals surface area (Å²) in [7, 11) is 0. The third-order valence-corrected chi connectivity index (χ3v) is 4.96. The van der Waals surface area contributed by atoms with Gasteiger partial charge in [-0.15, -0.1) is 0 Å². The maximum absolute atomic E-state index is 12.1. The van der Waals surface area contributed by atoms with Crippen molar-refractivity contribution < 1.29 is 15.0 Å². The molecule has 3 heteroatoms. The molecule has 0 aromatic heterocycles. The van der Waals surface area contributed by atoms with Crippen LogP contribution in [0.15, 0.2) is 30.4 Å². The van der Waals surface area contributed by atoms with Crippen LogP contribution in [0.2, 0.25) is 0 Å². The van der Waals surface area contributed by atoms with Crippen molar-refractivity contribution in [2.24, 2.45) is 0 Å². The first kappa shape index (κ1) is 23.3. The van der Waals surface area contributed by atoms with E-state index in [0.29, 0.717) is 6.42 Å². The summed E-state index contributed by atoms with van der Waals surface area (Å²) in [5.41, 5.74) is 0.0609. The largest absolute Gasteiger partial charge is 0.507 e. The number of hydrogen-bond donors (Lipinski definition) is 2. The van der Waals surface area contributed by atoms with Crippen molar-refractivity contribution in [1.82, 2.24) is 0 Å². The molecule has 0 radical (unpaired) electrons. The molecule has 0 saturated carbocycles. The van der Waals surface area contributed by atoms with Gasteiger partial charge in [-0.1, -0.05) is 76.5 Å². The van der Waals surface area contributed by atoms with Crippen molar-refractivity contribution in [3.8, 4) is 11.5 Å². The summed E-state index contributed by atoms with van der Waals surface area (Å²) in [5.74, 6) is -0.447. The molecular weight excluding hydrogens is 336 g/mol. The Morgan fingerprint density at radius 1 is 0.778 bits per heavy atom. The van der Waals surface area contributed by atoms with Gasteiger partial charge >= 0.3 is 0 Å². The monoisotopic (exact) mass is 374 g/mol. The zero-order chi connectivity index (χ0) is 19.7. The van der Waals surface area contributed by atoms with Gasteiger partial charge < -0.3 is 10.2 Å². The molecule has 1 aromatic rings. The Labute approximate surface area is 165 Å². The van der Waals surface area contributed by atoms with Crippen LogP contribution in [-0.2, 0) is 0 Å². The van der Waals surface area contributed by atoms with Crippen LogP contribution in [0.4, 0.5) is 0 Å². The minimum Gasteiger partial charge on any atom is -0.507 e. The summed E-state index contributed by atoms with van der Waals surface area (Å²) in [6.45, 7) is 2.26. The maximum Gasteiger partial charge on any atom is 0.170 e. The molecule has 2 N–H and O–H groups in total. The molecule has 0 spiro atoms. The molecule has 0 aliphatic rings. The molecule has 27 heavy (non-hydrogen) atoms. The van der Waals surface area contributed by atoms with Crippen molar-refractivity contribution in [3.05, 3.63) is 35.9 Å². The van der Waals surface area contributed by atoms with Crippen molar-refractivity contribution >= 4 is 5.78 Å². The second-order valence-corrected chi connectivity index (χ2v) is 7.43. The van der Waals surface area contributed by atoms with Gasteiger partial charge in [0.25, 0.3) is 0 Å². The highest BCUT2D eigenvalue weighted by Gasteiger charge is 2.15. The Morgan fingerprint density at radius 3 is 1.81 bits per heavy atom. The number of carbonyl (C=O) groups excluding carboxylic acids is 1. The van der Waals surface area contributed by atoms with Gasteiger partial charge in [0.1, 0.15) is 17.1 Å². The van der Waals surface area contributed by atoms with Gasteiger partial charge in [-0.25, -0.2) is 0 Å². The van der Waals surface area contributed by atoms with Crippen molar-refractivity contribution in [3.63, 3.8) is 0 Å². The van der Waals surface area contributed by atoms with Gasteiger partial charge in [0.2, 0.25) is 0 Å². The Bertz CT molecular complexity index is 528. The van der Waals surface area contributed by atoms with E-state index in [1.165, 1.54) is 69.6 Å². The van der Waals surface area contributed by atoms with E-state index >= 15 is 0 Å². The fourth-order valence-electron chi connectivity index (χ4n) is 3.30. The SMILES string of the molecule is CCCCCCCCCC=CCCCCCCC(=O)c1c(O)cccc1O. The lowest BCUT2D eigenvalue weighted by atomic mass is 10.0. The number of Topliss-reactive ketones (excluding diaryl/α,β-unsaturated/α-hetero) is 1. The first-order valence-electron chi connectivity index (χ1n) is 10.9. The molecule has 0 aliphatic heterocycles. The van der Waals surface area contributed by atoms with E-state index in [-0.39, 0.29) is 22.8 Å². The van der Waals surface area contributed by atoms with E-state index in [1.807, 2.05) is 0 Å². The molecule has 0 bridgehead atoms. The lowest BCUT2D eigenvalue weighted by molar-refractivity contribution is 0.0974. The van der Waals surface area contributed by atoms with Gasteiger partial charge in [0.05, 0.1) is 0 Å². The summed E-state index contributed by atoms with van der Waals surface area (Å²) < 4.78 is 0. The van der Waals surface area contributed by atoms with Crippen LogP contribution in [0, 0.1) is 0 Å². The number of allylic oxidation sites excluding steroid dienone is 2. The molecule has 0 fully saturated rings. The number of unbranched alkanes of at least 4 members (excludes halogenated alkanes) is 11. The Balaban J connectivity index is 1.96. The lowest BCUT2D eigenvalue weighted by Crippen LogP contribution is -2.00. The van der Waals surface area contributed by atoms with Crippen LogP contribution in [0.1, 0.15) is 107 Å². The smallest absolute Gasteiger partial charge is 0.170 e. The highest BCUT2D eigenvalue weighted by Crippen LogP contribution is 2.28. The minimum absolute atomic E-state index is 0.0609. The van der Waals surface area contributed by atoms with Crippen LogP contribution < -0.4 is 0 Å². The number of hydrogen-bond acceptors (Lipinski definition) is 3. The standard InChI is InChI=1S/C24H38O3/c1-2-3-4-5-6-7-8-9-10-11-12-13-14-15-16-18-21(25)24-22(26)19-17-20-23(24)27/h10-11,17,19-20,26-27H,2-9,12-16,18H2,1H3. The third kappa shape index (κ3) is 10.8. The normalized spacial score (nSPS) is 11.3. The predicted molar refractivity (Wildman–Crippen MR) is 114 cm³/mol. The zero-order valence-electron chi connectivity index (χ0n) is 17.1. The number of rotatable bonds is 16. The maximum atomic E-state index is 12.1. The number of phenols is 2. The van der Waals surface area contributed by atoms with Gasteiger partial charge in [0.15, 0.2) is 5.78 Å². The number of ketones is 1. The Hall–Kier alpha value is -1.77. The van der Waals surface area contributed by atoms with Crippen molar-refractivity contribution in [2.45, 2.75) is 96.8 Å². The van der Waals surface area contributed by atoms with Gasteiger partial charge in [-0.05, 0) is 44.2 Å². The summed E-state index contributed by atoms with van der Waals surface area (Å²) in [5, 5.41) is 19.4. The van der Waals surface area contributed by atoms with Crippen molar-refractivity contribution in [1.29, 1.82) is 0 Å². The second-order valence-electron chi connectivity index (χ2n) is 7.43. The molecule has 0 unspecified atom stereocenters. The van der Waals surface area contributed by atoms with E-state index in [9.17, 15) is 15.0 Å². The molecule has 1 rings (SSSR count). The molecule has 1 aromatic carbocycles. The molecule has 0 amide bonds. The fourth-order valence-corrected chi connectivity index (χ4v) is 3.30. The zero-order valence-corrected chi connectivity index (χ0v) is 17.1. The van der Waals surface area contributed by atoms with Gasteiger partial charge in [-0.2, -0.15) is 0 Å². The van der Waals surface area contributed by atoms with Gasteiger partial charge in [-0.3, -0.25) is 4.79 Å². The minimum atomic E-state index is -0.180. The fraction of sp³-hybridized carbons (Fsp3) is 0.625. The van der Waals surface area contributed by atoms with E-state index in [2.05, 4.69) is 19.1 Å². The average molecular weight is 375 g/mol. The van der Waals surface area contributed by atoms with Gasteiger partial charge in [0, 0.05) is 6.42 Å². The Kier molecular flexibility index (Phi) is 13.2. The van der Waals surface area contributed by atoms with E-state index in [1.54, 1.807) is 0 Å². The second kappa shape index (κ2) is 15.3. The summed E-state index contributed by atoms with van der Waals surface area (Å²) in [6, 6.07) is 4.40. The first-order chi connectivity index (χ1) is 13.2. The molecule has 0 heterocycles. The summed E-state index contributed by atoms with van der Waals surface area (Å²) in [6.07, 6.45) is 20.9. The van der Waals surface area contributed by atoms with Crippen LogP contribution in [0.3, 0.4) is 0 Å². The molecule has 152 valence electrons. The van der Waals surface area contributed by atoms with E-state index in [4.69, 9.17) is 0 Å². The van der Waals surface area contributed by atoms with Crippen molar-refractivity contribution in [2.75, 3.05) is 0 Å². The molecule has 0 atom stereocenters. The average Bonchev–Trinajstić information content (AvgIpc) is 2.64. The number of aromatic hydroxyl groups is 2. The van der Waals surface area contributed by atoms with E-state index in [0.717, 1.165) is 32.1 Å². The highest BCUT2D eigenvalue weighted by atomic mass is 16.3.